The van der Waals surface area contributed by atoms with Crippen LogP contribution in [0.15, 0.2) is 23.2 Å². The van der Waals surface area contributed by atoms with Gasteiger partial charge in [-0.15, -0.1) is 0 Å². The third-order valence-electron chi connectivity index (χ3n) is 3.37. The number of guanidine groups is 1. The average Bonchev–Trinajstić information content (AvgIpc) is 3.35. The van der Waals surface area contributed by atoms with E-state index in [2.05, 4.69) is 29.5 Å². The van der Waals surface area contributed by atoms with Gasteiger partial charge in [-0.05, 0) is 43.9 Å². The topological polar surface area (TPSA) is 54.9 Å². The molecule has 122 valence electrons. The molecule has 1 fully saturated rings. The molecule has 0 unspecified atom stereocenters. The van der Waals surface area contributed by atoms with E-state index in [0.717, 1.165) is 36.0 Å². The summed E-state index contributed by atoms with van der Waals surface area (Å²) in [5.41, 5.74) is 1.11. The lowest BCUT2D eigenvalue weighted by molar-refractivity contribution is 0.294. The van der Waals surface area contributed by atoms with Crippen LogP contribution in [0.3, 0.4) is 0 Å². The first-order chi connectivity index (χ1) is 10.8. The van der Waals surface area contributed by atoms with Crippen molar-refractivity contribution in [3.8, 4) is 11.5 Å². The van der Waals surface area contributed by atoms with E-state index in [4.69, 9.17) is 9.47 Å². The predicted octanol–water partition coefficient (Wildman–Crippen LogP) is 2.70. The third kappa shape index (κ3) is 5.13. The van der Waals surface area contributed by atoms with E-state index >= 15 is 0 Å². The Bertz CT molecular complexity index is 499. The Kier molecular flexibility index (Phi) is 6.37. The molecule has 1 aromatic rings. The molecule has 0 heterocycles. The van der Waals surface area contributed by atoms with Gasteiger partial charge in [-0.2, -0.15) is 0 Å². The smallest absolute Gasteiger partial charge is 0.191 e. The van der Waals surface area contributed by atoms with Crippen molar-refractivity contribution in [2.75, 3.05) is 20.3 Å². The lowest BCUT2D eigenvalue weighted by Crippen LogP contribution is -2.38. The van der Waals surface area contributed by atoms with E-state index in [-0.39, 0.29) is 0 Å². The number of ether oxygens (including phenoxy) is 2. The van der Waals surface area contributed by atoms with Gasteiger partial charge in [-0.25, -0.2) is 4.99 Å². The highest BCUT2D eigenvalue weighted by Crippen LogP contribution is 2.28. The summed E-state index contributed by atoms with van der Waals surface area (Å²) in [6, 6.07) is 6.59. The number of hydrogen-bond donors (Lipinski definition) is 2. The second-order valence-electron chi connectivity index (χ2n) is 5.45. The highest BCUT2D eigenvalue weighted by Gasteiger charge is 2.22. The molecule has 0 aromatic heterocycles. The van der Waals surface area contributed by atoms with Gasteiger partial charge in [-0.1, -0.05) is 13.0 Å². The molecule has 1 aliphatic rings. The van der Waals surface area contributed by atoms with Crippen molar-refractivity contribution in [3.05, 3.63) is 23.8 Å². The minimum atomic E-state index is 0.595. The lowest BCUT2D eigenvalue weighted by Gasteiger charge is -2.12. The van der Waals surface area contributed by atoms with Crippen LogP contribution < -0.4 is 20.1 Å². The quantitative estimate of drug-likeness (QED) is 0.573. The van der Waals surface area contributed by atoms with E-state index in [0.29, 0.717) is 19.2 Å². The summed E-state index contributed by atoms with van der Waals surface area (Å²) in [7, 11) is 1.67. The van der Waals surface area contributed by atoms with Crippen LogP contribution >= 0.6 is 0 Å². The summed E-state index contributed by atoms with van der Waals surface area (Å²) in [6.07, 6.45) is 3.46. The maximum Gasteiger partial charge on any atom is 0.191 e. The van der Waals surface area contributed by atoms with Gasteiger partial charge in [0, 0.05) is 12.6 Å². The van der Waals surface area contributed by atoms with Crippen LogP contribution in [0.25, 0.3) is 0 Å². The van der Waals surface area contributed by atoms with E-state index in [1.54, 1.807) is 7.11 Å². The summed E-state index contributed by atoms with van der Waals surface area (Å²) < 4.78 is 11.1. The first kappa shape index (κ1) is 16.5. The molecular weight excluding hydrogens is 278 g/mol. The highest BCUT2D eigenvalue weighted by molar-refractivity contribution is 5.80. The fourth-order valence-electron chi connectivity index (χ4n) is 2.05. The van der Waals surface area contributed by atoms with Crippen LogP contribution in [-0.4, -0.2) is 32.3 Å². The molecule has 1 aliphatic carbocycles. The fourth-order valence-corrected chi connectivity index (χ4v) is 2.05. The molecule has 5 heteroatoms. The number of nitrogens with one attached hydrogen (secondary N) is 2. The van der Waals surface area contributed by atoms with Gasteiger partial charge in [0.05, 0.1) is 20.3 Å². The second kappa shape index (κ2) is 8.51. The Morgan fingerprint density at radius 3 is 2.73 bits per heavy atom. The van der Waals surface area contributed by atoms with Crippen LogP contribution in [0.1, 0.15) is 38.7 Å². The zero-order valence-corrected chi connectivity index (χ0v) is 13.8. The molecule has 1 aromatic carbocycles. The number of methoxy groups -OCH3 is 1. The number of aliphatic imine (C=N–C) groups is 1. The van der Waals surface area contributed by atoms with E-state index < -0.39 is 0 Å². The lowest BCUT2D eigenvalue weighted by atomic mass is 10.2. The van der Waals surface area contributed by atoms with Crippen molar-refractivity contribution in [2.24, 2.45) is 4.99 Å². The van der Waals surface area contributed by atoms with Crippen molar-refractivity contribution >= 4 is 5.96 Å². The monoisotopic (exact) mass is 305 g/mol. The molecule has 5 nitrogen and oxygen atoms in total. The Balaban J connectivity index is 2.00. The molecule has 22 heavy (non-hydrogen) atoms. The second-order valence-corrected chi connectivity index (χ2v) is 5.45. The summed E-state index contributed by atoms with van der Waals surface area (Å²) >= 11 is 0. The zero-order valence-electron chi connectivity index (χ0n) is 13.8. The summed E-state index contributed by atoms with van der Waals surface area (Å²) in [5, 5.41) is 6.69. The molecular formula is C17H27N3O2. The van der Waals surface area contributed by atoms with E-state index in [9.17, 15) is 0 Å². The molecule has 0 amide bonds. The minimum absolute atomic E-state index is 0.595. The van der Waals surface area contributed by atoms with Gasteiger partial charge >= 0.3 is 0 Å². The van der Waals surface area contributed by atoms with Gasteiger partial charge in [0.25, 0.3) is 0 Å². The van der Waals surface area contributed by atoms with E-state index in [1.165, 1.54) is 12.8 Å². The van der Waals surface area contributed by atoms with Crippen LogP contribution in [0, 0.1) is 0 Å². The van der Waals surface area contributed by atoms with Gasteiger partial charge in [0.2, 0.25) is 0 Å². The molecule has 1 saturated carbocycles. The SMILES string of the molecule is CCCOc1ccc(CN=C(NCC)NC2CC2)cc1OC. The summed E-state index contributed by atoms with van der Waals surface area (Å²) in [6.45, 7) is 6.35. The van der Waals surface area contributed by atoms with Crippen LogP contribution in [-0.2, 0) is 6.54 Å². The Morgan fingerprint density at radius 1 is 1.27 bits per heavy atom. The Labute approximate surface area is 133 Å². The predicted molar refractivity (Wildman–Crippen MR) is 89.8 cm³/mol. The Hall–Kier alpha value is -1.91. The largest absolute Gasteiger partial charge is 0.493 e. The normalized spacial score (nSPS) is 14.6. The average molecular weight is 305 g/mol. The number of benzene rings is 1. The van der Waals surface area contributed by atoms with Gasteiger partial charge in [-0.3, -0.25) is 0 Å². The molecule has 0 saturated heterocycles. The molecule has 0 spiro atoms. The van der Waals surface area contributed by atoms with Gasteiger partial charge in [0.15, 0.2) is 17.5 Å². The first-order valence-electron chi connectivity index (χ1n) is 8.11. The minimum Gasteiger partial charge on any atom is -0.493 e. The molecule has 2 N–H and O–H groups in total. The van der Waals surface area contributed by atoms with Gasteiger partial charge < -0.3 is 20.1 Å². The number of nitrogens with zero attached hydrogens (tertiary/aromatic N) is 1. The van der Waals surface area contributed by atoms with Crippen molar-refractivity contribution in [3.63, 3.8) is 0 Å². The zero-order chi connectivity index (χ0) is 15.8. The molecule has 2 rings (SSSR count). The van der Waals surface area contributed by atoms with Gasteiger partial charge in [0.1, 0.15) is 0 Å². The molecule has 0 radical (unpaired) electrons. The first-order valence-corrected chi connectivity index (χ1v) is 8.11. The van der Waals surface area contributed by atoms with E-state index in [1.807, 2.05) is 18.2 Å². The number of rotatable bonds is 8. The molecule has 0 atom stereocenters. The van der Waals surface area contributed by atoms with Crippen LogP contribution in [0.4, 0.5) is 0 Å². The summed E-state index contributed by atoms with van der Waals surface area (Å²) in [5.74, 6) is 2.44. The number of hydrogen-bond acceptors (Lipinski definition) is 3. The maximum atomic E-state index is 5.67. The Morgan fingerprint density at radius 2 is 2.09 bits per heavy atom. The fraction of sp³-hybridized carbons (Fsp3) is 0.588. The maximum absolute atomic E-state index is 5.67. The summed E-state index contributed by atoms with van der Waals surface area (Å²) in [4.78, 5) is 4.63. The highest BCUT2D eigenvalue weighted by atomic mass is 16.5. The molecule has 0 aliphatic heterocycles. The van der Waals surface area contributed by atoms with Crippen molar-refractivity contribution in [1.29, 1.82) is 0 Å². The van der Waals surface area contributed by atoms with Crippen LogP contribution in [0.2, 0.25) is 0 Å². The molecule has 0 bridgehead atoms. The third-order valence-corrected chi connectivity index (χ3v) is 3.37. The standard InChI is InChI=1S/C17H27N3O2/c1-4-10-22-15-9-6-13(11-16(15)21-3)12-19-17(18-5-2)20-14-7-8-14/h6,9,11,14H,4-5,7-8,10,12H2,1-3H3,(H2,18,19,20). The van der Waals surface area contributed by atoms with Crippen molar-refractivity contribution in [1.82, 2.24) is 10.6 Å². The van der Waals surface area contributed by atoms with Crippen LogP contribution in [0.5, 0.6) is 11.5 Å². The van der Waals surface area contributed by atoms with Crippen molar-refractivity contribution < 1.29 is 9.47 Å². The van der Waals surface area contributed by atoms with Crippen molar-refractivity contribution in [2.45, 2.75) is 45.7 Å².